The number of hydrogen-bond donors (Lipinski definition) is 1. The van der Waals surface area contributed by atoms with Crippen molar-refractivity contribution < 1.29 is 0 Å². The summed E-state index contributed by atoms with van der Waals surface area (Å²) in [5.74, 6) is 0.805. The first-order chi connectivity index (χ1) is 10.0. The Kier molecular flexibility index (Phi) is 5.59. The molecule has 0 spiro atoms. The number of hydrogen-bond acceptors (Lipinski definition) is 3. The van der Waals surface area contributed by atoms with E-state index in [1.165, 1.54) is 25.7 Å². The van der Waals surface area contributed by atoms with Crippen molar-refractivity contribution in [3.05, 3.63) is 34.7 Å². The van der Waals surface area contributed by atoms with Crippen LogP contribution in [-0.4, -0.2) is 42.2 Å². The van der Waals surface area contributed by atoms with Crippen molar-refractivity contribution in [2.75, 3.05) is 27.2 Å². The van der Waals surface area contributed by atoms with E-state index in [0.717, 1.165) is 25.6 Å². The Morgan fingerprint density at radius 3 is 2.90 bits per heavy atom. The Morgan fingerprint density at radius 2 is 2.24 bits per heavy atom. The summed E-state index contributed by atoms with van der Waals surface area (Å²) in [6.45, 7) is 4.94. The van der Waals surface area contributed by atoms with Gasteiger partial charge in [0.2, 0.25) is 0 Å². The van der Waals surface area contributed by atoms with E-state index in [2.05, 4.69) is 31.2 Å². The van der Waals surface area contributed by atoms with Crippen LogP contribution >= 0.6 is 0 Å². The molecular formula is C17H29N3O. The summed E-state index contributed by atoms with van der Waals surface area (Å²) in [5, 5.41) is 3.57. The van der Waals surface area contributed by atoms with E-state index in [1.54, 1.807) is 16.7 Å². The van der Waals surface area contributed by atoms with Gasteiger partial charge in [-0.25, -0.2) is 0 Å². The fraction of sp³-hybridized carbons (Fsp3) is 0.706. The molecule has 2 rings (SSSR count). The van der Waals surface area contributed by atoms with Crippen molar-refractivity contribution in [3.63, 3.8) is 0 Å². The smallest absolute Gasteiger partial charge is 0.250 e. The van der Waals surface area contributed by atoms with Gasteiger partial charge in [0.1, 0.15) is 0 Å². The number of aromatic nitrogens is 1. The zero-order valence-corrected chi connectivity index (χ0v) is 13.6. The minimum absolute atomic E-state index is 0.0768. The highest BCUT2D eigenvalue weighted by atomic mass is 16.1. The van der Waals surface area contributed by atoms with Gasteiger partial charge in [0.25, 0.3) is 5.56 Å². The summed E-state index contributed by atoms with van der Waals surface area (Å²) >= 11 is 0. The van der Waals surface area contributed by atoms with Gasteiger partial charge in [0.05, 0.1) is 0 Å². The zero-order valence-electron chi connectivity index (χ0n) is 13.6. The molecule has 0 saturated heterocycles. The molecule has 1 fully saturated rings. The number of pyridine rings is 1. The highest BCUT2D eigenvalue weighted by Crippen LogP contribution is 2.35. The van der Waals surface area contributed by atoms with Crippen LogP contribution in [0.4, 0.5) is 0 Å². The molecule has 1 aliphatic rings. The van der Waals surface area contributed by atoms with Crippen LogP contribution in [0, 0.1) is 5.92 Å². The molecule has 4 heteroatoms. The summed E-state index contributed by atoms with van der Waals surface area (Å²) in [6.07, 6.45) is 7.06. The average molecular weight is 291 g/mol. The van der Waals surface area contributed by atoms with Crippen LogP contribution in [0.1, 0.15) is 32.6 Å². The summed E-state index contributed by atoms with van der Waals surface area (Å²) < 4.78 is 1.76. The van der Waals surface area contributed by atoms with Crippen molar-refractivity contribution in [3.8, 4) is 0 Å². The minimum atomic E-state index is 0.0768. The van der Waals surface area contributed by atoms with Gasteiger partial charge in [-0.15, -0.1) is 0 Å². The first kappa shape index (κ1) is 16.2. The Hall–Kier alpha value is -1.13. The SMILES string of the molecule is CC1CCCC(CNCCn2ccccc2=O)(N(C)C)C1. The fourth-order valence-electron chi connectivity index (χ4n) is 3.52. The summed E-state index contributed by atoms with van der Waals surface area (Å²) in [4.78, 5) is 14.0. The van der Waals surface area contributed by atoms with Crippen LogP contribution in [0.2, 0.25) is 0 Å². The van der Waals surface area contributed by atoms with Crippen LogP contribution in [0.3, 0.4) is 0 Å². The highest BCUT2D eigenvalue weighted by molar-refractivity contribution is 4.95. The maximum absolute atomic E-state index is 11.7. The number of nitrogens with one attached hydrogen (secondary N) is 1. The van der Waals surface area contributed by atoms with E-state index >= 15 is 0 Å². The van der Waals surface area contributed by atoms with Crippen LogP contribution in [0.15, 0.2) is 29.2 Å². The van der Waals surface area contributed by atoms with Gasteiger partial charge in [-0.1, -0.05) is 25.8 Å². The van der Waals surface area contributed by atoms with E-state index in [-0.39, 0.29) is 11.1 Å². The second-order valence-electron chi connectivity index (χ2n) is 6.73. The molecule has 2 unspecified atom stereocenters. The van der Waals surface area contributed by atoms with Gasteiger partial charge in [-0.2, -0.15) is 0 Å². The maximum Gasteiger partial charge on any atom is 0.250 e. The molecule has 1 N–H and O–H groups in total. The molecule has 0 aliphatic heterocycles. The fourth-order valence-corrected chi connectivity index (χ4v) is 3.52. The van der Waals surface area contributed by atoms with Gasteiger partial charge >= 0.3 is 0 Å². The second kappa shape index (κ2) is 7.23. The Morgan fingerprint density at radius 1 is 1.43 bits per heavy atom. The van der Waals surface area contributed by atoms with Crippen molar-refractivity contribution >= 4 is 0 Å². The van der Waals surface area contributed by atoms with E-state index in [9.17, 15) is 4.79 Å². The van der Waals surface area contributed by atoms with Crippen LogP contribution in [0.25, 0.3) is 0 Å². The van der Waals surface area contributed by atoms with Crippen molar-refractivity contribution in [1.29, 1.82) is 0 Å². The topological polar surface area (TPSA) is 37.3 Å². The average Bonchev–Trinajstić information content (AvgIpc) is 2.45. The predicted molar refractivity (Wildman–Crippen MR) is 87.6 cm³/mol. The Balaban J connectivity index is 1.86. The van der Waals surface area contributed by atoms with Gasteiger partial charge in [-0.05, 0) is 38.9 Å². The van der Waals surface area contributed by atoms with Crippen molar-refractivity contribution in [2.24, 2.45) is 5.92 Å². The third-order valence-corrected chi connectivity index (χ3v) is 4.90. The minimum Gasteiger partial charge on any atom is -0.314 e. The van der Waals surface area contributed by atoms with Gasteiger partial charge in [0.15, 0.2) is 0 Å². The monoisotopic (exact) mass is 291 g/mol. The van der Waals surface area contributed by atoms with Gasteiger partial charge in [-0.3, -0.25) is 4.79 Å². The standard InChI is InChI=1S/C17H29N3O/c1-15-7-6-9-17(13-15,19(2)3)14-18-10-12-20-11-5-4-8-16(20)21/h4-5,8,11,15,18H,6-7,9-10,12-14H2,1-3H3. The molecule has 4 nitrogen and oxygen atoms in total. The Labute approximate surface area is 128 Å². The second-order valence-corrected chi connectivity index (χ2v) is 6.73. The quantitative estimate of drug-likeness (QED) is 0.814. The zero-order chi connectivity index (χ0) is 15.3. The van der Waals surface area contributed by atoms with Crippen LogP contribution < -0.4 is 10.9 Å². The molecule has 1 aromatic rings. The van der Waals surface area contributed by atoms with Crippen LogP contribution in [-0.2, 0) is 6.54 Å². The summed E-state index contributed by atoms with van der Waals surface area (Å²) in [7, 11) is 4.39. The highest BCUT2D eigenvalue weighted by Gasteiger charge is 2.36. The predicted octanol–water partition coefficient (Wildman–Crippen LogP) is 1.95. The molecule has 1 aliphatic carbocycles. The molecule has 2 atom stereocenters. The number of rotatable bonds is 6. The molecule has 21 heavy (non-hydrogen) atoms. The normalized spacial score (nSPS) is 26.2. The summed E-state index contributed by atoms with van der Waals surface area (Å²) in [5.41, 5.74) is 0.354. The van der Waals surface area contributed by atoms with E-state index < -0.39 is 0 Å². The molecule has 118 valence electrons. The molecule has 0 radical (unpaired) electrons. The van der Waals surface area contributed by atoms with Gasteiger partial charge < -0.3 is 14.8 Å². The van der Waals surface area contributed by atoms with Crippen molar-refractivity contribution in [2.45, 2.75) is 44.7 Å². The molecule has 0 amide bonds. The number of likely N-dealkylation sites (N-methyl/N-ethyl adjacent to an activating group) is 1. The lowest BCUT2D eigenvalue weighted by molar-refractivity contribution is 0.0752. The molecule has 1 aromatic heterocycles. The lowest BCUT2D eigenvalue weighted by atomic mass is 9.75. The molecular weight excluding hydrogens is 262 g/mol. The molecule has 0 aromatic carbocycles. The molecule has 1 heterocycles. The van der Waals surface area contributed by atoms with Crippen molar-refractivity contribution in [1.82, 2.24) is 14.8 Å². The lowest BCUT2D eigenvalue weighted by Gasteiger charge is -2.45. The molecule has 1 saturated carbocycles. The van der Waals surface area contributed by atoms with Gasteiger partial charge in [0, 0.05) is 37.4 Å². The largest absolute Gasteiger partial charge is 0.314 e. The maximum atomic E-state index is 11.7. The van der Waals surface area contributed by atoms with E-state index in [0.29, 0.717) is 0 Å². The lowest BCUT2D eigenvalue weighted by Crippen LogP contribution is -2.54. The molecule has 0 bridgehead atoms. The first-order valence-electron chi connectivity index (χ1n) is 8.07. The summed E-state index contributed by atoms with van der Waals surface area (Å²) in [6, 6.07) is 5.31. The Bertz CT molecular complexity index is 497. The first-order valence-corrected chi connectivity index (χ1v) is 8.07. The third kappa shape index (κ3) is 4.17. The van der Waals surface area contributed by atoms with E-state index in [1.807, 2.05) is 12.3 Å². The number of nitrogens with zero attached hydrogens (tertiary/aromatic N) is 2. The van der Waals surface area contributed by atoms with E-state index in [4.69, 9.17) is 0 Å². The van der Waals surface area contributed by atoms with Crippen LogP contribution in [0.5, 0.6) is 0 Å². The third-order valence-electron chi connectivity index (χ3n) is 4.90.